The average molecular weight is 286 g/mol. The Labute approximate surface area is 126 Å². The molecular weight excluding hydrogens is 262 g/mol. The van der Waals surface area contributed by atoms with Gasteiger partial charge in [-0.15, -0.1) is 4.68 Å². The number of para-hydroxylation sites is 1. The minimum Gasteiger partial charge on any atom is -0.320 e. The fourth-order valence-corrected chi connectivity index (χ4v) is 2.41. The van der Waals surface area contributed by atoms with E-state index in [1.54, 1.807) is 0 Å². The van der Waals surface area contributed by atoms with E-state index in [4.69, 9.17) is 0 Å². The van der Waals surface area contributed by atoms with E-state index in [2.05, 4.69) is 16.9 Å². The lowest BCUT2D eigenvalue weighted by atomic mass is 10.1. The summed E-state index contributed by atoms with van der Waals surface area (Å²) in [4.78, 5) is 12.3. The van der Waals surface area contributed by atoms with E-state index in [-0.39, 0.29) is 5.91 Å². The van der Waals surface area contributed by atoms with Crippen molar-refractivity contribution in [2.75, 3.05) is 5.32 Å². The van der Waals surface area contributed by atoms with Crippen LogP contribution in [0.3, 0.4) is 0 Å². The van der Waals surface area contributed by atoms with Crippen LogP contribution >= 0.6 is 0 Å². The summed E-state index contributed by atoms with van der Waals surface area (Å²) >= 11 is 0. The van der Waals surface area contributed by atoms with Gasteiger partial charge < -0.3 is 5.32 Å². The normalized spacial score (nSPS) is 10.6. The molecule has 2 aromatic rings. The summed E-state index contributed by atoms with van der Waals surface area (Å²) in [5.74, 6) is 0.00819. The molecule has 21 heavy (non-hydrogen) atoms. The maximum Gasteiger partial charge on any atom is 0.292 e. The van der Waals surface area contributed by atoms with Crippen molar-refractivity contribution >= 4 is 11.6 Å². The minimum absolute atomic E-state index is 0.00819. The Morgan fingerprint density at radius 3 is 2.62 bits per heavy atom. The largest absolute Gasteiger partial charge is 0.320 e. The molecule has 0 fully saturated rings. The maximum atomic E-state index is 12.3. The molecule has 112 valence electrons. The molecule has 1 amide bonds. The lowest BCUT2D eigenvalue weighted by Gasteiger charge is -2.10. The Balaban J connectivity index is 2.04. The van der Waals surface area contributed by atoms with Gasteiger partial charge in [0.15, 0.2) is 6.20 Å². The van der Waals surface area contributed by atoms with Crippen LogP contribution in [-0.4, -0.2) is 10.6 Å². The molecule has 0 aliphatic heterocycles. The summed E-state index contributed by atoms with van der Waals surface area (Å²) < 4.78 is 4.05. The predicted molar refractivity (Wildman–Crippen MR) is 84.1 cm³/mol. The third kappa shape index (κ3) is 3.94. The van der Waals surface area contributed by atoms with Gasteiger partial charge >= 0.3 is 0 Å². The number of rotatable bonds is 6. The third-order valence-electron chi connectivity index (χ3n) is 3.64. The van der Waals surface area contributed by atoms with Crippen molar-refractivity contribution in [2.45, 2.75) is 46.7 Å². The van der Waals surface area contributed by atoms with Crippen LogP contribution in [0.5, 0.6) is 0 Å². The molecule has 4 nitrogen and oxygen atoms in total. The van der Waals surface area contributed by atoms with E-state index < -0.39 is 0 Å². The molecule has 0 saturated carbocycles. The van der Waals surface area contributed by atoms with Crippen LogP contribution in [0.1, 0.15) is 30.9 Å². The molecule has 0 radical (unpaired) electrons. The van der Waals surface area contributed by atoms with Crippen molar-refractivity contribution in [3.63, 3.8) is 0 Å². The van der Waals surface area contributed by atoms with E-state index in [0.29, 0.717) is 6.54 Å². The number of hydrogen-bond donors (Lipinski definition) is 1. The van der Waals surface area contributed by atoms with Crippen molar-refractivity contribution in [3.8, 4) is 0 Å². The Morgan fingerprint density at radius 1 is 1.24 bits per heavy atom. The molecule has 1 aromatic heterocycles. The molecule has 0 saturated heterocycles. The number of aromatic nitrogens is 2. The van der Waals surface area contributed by atoms with Gasteiger partial charge in [-0.05, 0) is 31.4 Å². The second-order valence-electron chi connectivity index (χ2n) is 5.42. The predicted octanol–water partition coefficient (Wildman–Crippen LogP) is 2.83. The zero-order valence-electron chi connectivity index (χ0n) is 13.1. The fourth-order valence-electron chi connectivity index (χ4n) is 2.41. The number of aryl methyl sites for hydroxylation is 3. The first kappa shape index (κ1) is 15.3. The highest BCUT2D eigenvalue weighted by molar-refractivity contribution is 5.91. The van der Waals surface area contributed by atoms with Crippen LogP contribution in [0.2, 0.25) is 0 Å². The molecule has 0 unspecified atom stereocenters. The average Bonchev–Trinajstić information content (AvgIpc) is 2.88. The maximum absolute atomic E-state index is 12.3. The summed E-state index contributed by atoms with van der Waals surface area (Å²) in [6, 6.07) is 8.01. The van der Waals surface area contributed by atoms with Gasteiger partial charge in [0, 0.05) is 11.8 Å². The zero-order valence-corrected chi connectivity index (χ0v) is 13.1. The molecule has 1 aromatic carbocycles. The minimum atomic E-state index is 0.00819. The van der Waals surface area contributed by atoms with Crippen molar-refractivity contribution < 1.29 is 9.48 Å². The van der Waals surface area contributed by atoms with Gasteiger partial charge in [0.2, 0.25) is 6.54 Å². The molecule has 0 aliphatic rings. The van der Waals surface area contributed by atoms with Gasteiger partial charge in [0.25, 0.3) is 5.91 Å². The summed E-state index contributed by atoms with van der Waals surface area (Å²) in [6.07, 6.45) is 6.22. The molecular formula is C17H24N3O+. The number of benzene rings is 1. The number of anilines is 1. The van der Waals surface area contributed by atoms with Gasteiger partial charge in [-0.3, -0.25) is 4.79 Å². The second kappa shape index (κ2) is 7.07. The topological polar surface area (TPSA) is 37.9 Å². The van der Waals surface area contributed by atoms with E-state index in [1.807, 2.05) is 55.2 Å². The first-order valence-electron chi connectivity index (χ1n) is 7.52. The Bertz CT molecular complexity index is 596. The van der Waals surface area contributed by atoms with Crippen molar-refractivity contribution in [1.82, 2.24) is 4.68 Å². The van der Waals surface area contributed by atoms with Gasteiger partial charge in [0.1, 0.15) is 0 Å². The second-order valence-corrected chi connectivity index (χ2v) is 5.42. The Hall–Kier alpha value is -2.10. The van der Waals surface area contributed by atoms with Crippen LogP contribution in [0.25, 0.3) is 0 Å². The number of hydrogen-bond acceptors (Lipinski definition) is 1. The molecule has 4 heteroatoms. The van der Waals surface area contributed by atoms with E-state index in [9.17, 15) is 4.79 Å². The monoisotopic (exact) mass is 286 g/mol. The number of carbonyl (C=O) groups is 1. The van der Waals surface area contributed by atoms with Crippen LogP contribution in [0, 0.1) is 13.8 Å². The smallest absolute Gasteiger partial charge is 0.292 e. The first-order valence-corrected chi connectivity index (χ1v) is 7.52. The fraction of sp³-hybridized carbons (Fsp3) is 0.412. The molecule has 1 N–H and O–H groups in total. The number of amides is 1. The van der Waals surface area contributed by atoms with E-state index in [0.717, 1.165) is 36.2 Å². The molecule has 1 heterocycles. The van der Waals surface area contributed by atoms with E-state index >= 15 is 0 Å². The van der Waals surface area contributed by atoms with Gasteiger partial charge in [-0.25, -0.2) is 0 Å². The molecule has 0 spiro atoms. The molecule has 0 atom stereocenters. The Kier molecular flexibility index (Phi) is 5.14. The van der Waals surface area contributed by atoms with Crippen LogP contribution in [-0.2, 0) is 17.9 Å². The summed E-state index contributed by atoms with van der Waals surface area (Å²) in [6.45, 7) is 7.48. The van der Waals surface area contributed by atoms with Crippen LogP contribution in [0.4, 0.5) is 5.69 Å². The zero-order chi connectivity index (χ0) is 15.2. The highest BCUT2D eigenvalue weighted by Gasteiger charge is 2.15. The first-order chi connectivity index (χ1) is 10.1. The quantitative estimate of drug-likeness (QED) is 0.815. The van der Waals surface area contributed by atoms with Crippen LogP contribution in [0.15, 0.2) is 36.7 Å². The van der Waals surface area contributed by atoms with Gasteiger partial charge in [-0.1, -0.05) is 31.5 Å². The highest BCUT2D eigenvalue weighted by atomic mass is 16.2. The molecule has 0 aliphatic carbocycles. The SMILES string of the molecule is CCCCn1ccc[n+]1CC(=O)Nc1c(C)cccc1C. The standard InChI is InChI=1S/C17H23N3O/c1-4-5-10-19-11-7-12-20(19)13-16(21)18-17-14(2)8-6-9-15(17)3/h6-9,11-12H,4-5,10,13H2,1-3H3/p+1. The summed E-state index contributed by atoms with van der Waals surface area (Å²) in [5, 5.41) is 3.03. The van der Waals surface area contributed by atoms with Crippen molar-refractivity contribution in [3.05, 3.63) is 47.8 Å². The van der Waals surface area contributed by atoms with Crippen LogP contribution < -0.4 is 10.00 Å². The number of nitrogens with one attached hydrogen (secondary N) is 1. The number of nitrogens with zero attached hydrogens (tertiary/aromatic N) is 2. The molecule has 2 rings (SSSR count). The van der Waals surface area contributed by atoms with Gasteiger partial charge in [0.05, 0.1) is 12.7 Å². The number of unbranched alkanes of at least 4 members (excludes halogenated alkanes) is 1. The summed E-state index contributed by atoms with van der Waals surface area (Å²) in [7, 11) is 0. The summed E-state index contributed by atoms with van der Waals surface area (Å²) in [5.41, 5.74) is 3.11. The van der Waals surface area contributed by atoms with Gasteiger partial charge in [-0.2, -0.15) is 4.68 Å². The Morgan fingerprint density at radius 2 is 1.95 bits per heavy atom. The van der Waals surface area contributed by atoms with Crippen molar-refractivity contribution in [1.29, 1.82) is 0 Å². The lowest BCUT2D eigenvalue weighted by Crippen LogP contribution is -2.47. The van der Waals surface area contributed by atoms with Crippen molar-refractivity contribution in [2.24, 2.45) is 0 Å². The lowest BCUT2D eigenvalue weighted by molar-refractivity contribution is -0.764. The highest BCUT2D eigenvalue weighted by Crippen LogP contribution is 2.19. The molecule has 0 bridgehead atoms. The number of carbonyl (C=O) groups excluding carboxylic acids is 1. The van der Waals surface area contributed by atoms with E-state index in [1.165, 1.54) is 0 Å². The third-order valence-corrected chi connectivity index (χ3v) is 3.64.